The number of nitrogens with one attached hydrogen (secondary N) is 1. The molecule has 0 fully saturated rings. The molecule has 0 saturated heterocycles. The van der Waals surface area contributed by atoms with E-state index in [1.165, 1.54) is 0 Å². The minimum absolute atomic E-state index is 0.388. The van der Waals surface area contributed by atoms with Gasteiger partial charge in [0.05, 0.1) is 23.7 Å². The van der Waals surface area contributed by atoms with Gasteiger partial charge in [0.2, 0.25) is 0 Å². The molecule has 0 aliphatic heterocycles. The number of rotatable bonds is 8. The van der Waals surface area contributed by atoms with Gasteiger partial charge >= 0.3 is 0 Å². The van der Waals surface area contributed by atoms with Gasteiger partial charge in [-0.05, 0) is 48.9 Å². The van der Waals surface area contributed by atoms with Gasteiger partial charge in [0.1, 0.15) is 18.1 Å². The Morgan fingerprint density at radius 3 is 2.60 bits per heavy atom. The second-order valence-corrected chi connectivity index (χ2v) is 5.83. The molecule has 2 aromatic carbocycles. The zero-order valence-electron chi connectivity index (χ0n) is 14.4. The topological polar surface area (TPSA) is 73.2 Å². The molecule has 25 heavy (non-hydrogen) atoms. The number of hydrogen-bond acceptors (Lipinski definition) is 4. The molecule has 3 rings (SSSR count). The second kappa shape index (κ2) is 8.24. The zero-order chi connectivity index (χ0) is 17.5. The minimum atomic E-state index is 0.388. The lowest BCUT2D eigenvalue weighted by atomic mass is 10.1. The first-order valence-corrected chi connectivity index (χ1v) is 8.51. The Labute approximate surface area is 147 Å². The van der Waals surface area contributed by atoms with Crippen LogP contribution in [0.1, 0.15) is 25.5 Å². The van der Waals surface area contributed by atoms with Crippen molar-refractivity contribution in [2.75, 3.05) is 12.3 Å². The lowest BCUT2D eigenvalue weighted by molar-refractivity contribution is 0.303. The number of hydrogen-bond donors (Lipinski definition) is 2. The molecule has 0 bridgehead atoms. The summed E-state index contributed by atoms with van der Waals surface area (Å²) in [6, 6.07) is 17.4. The van der Waals surface area contributed by atoms with Crippen LogP contribution in [0.5, 0.6) is 11.5 Å². The van der Waals surface area contributed by atoms with Crippen molar-refractivity contribution in [3.8, 4) is 22.8 Å². The van der Waals surface area contributed by atoms with Crippen molar-refractivity contribution < 1.29 is 9.47 Å². The van der Waals surface area contributed by atoms with Gasteiger partial charge in [0.25, 0.3) is 0 Å². The fraction of sp³-hybridized carbons (Fsp3) is 0.250. The van der Waals surface area contributed by atoms with Crippen LogP contribution in [0.15, 0.2) is 54.6 Å². The van der Waals surface area contributed by atoms with Crippen LogP contribution in [0.3, 0.4) is 0 Å². The highest BCUT2D eigenvalue weighted by atomic mass is 16.5. The molecule has 1 heterocycles. The van der Waals surface area contributed by atoms with Crippen LogP contribution in [0.2, 0.25) is 0 Å². The number of para-hydroxylation sites is 2. The van der Waals surface area contributed by atoms with Gasteiger partial charge < -0.3 is 15.2 Å². The van der Waals surface area contributed by atoms with Gasteiger partial charge in [0.15, 0.2) is 0 Å². The van der Waals surface area contributed by atoms with Crippen molar-refractivity contribution in [3.05, 3.63) is 60.3 Å². The number of anilines is 1. The van der Waals surface area contributed by atoms with E-state index < -0.39 is 0 Å². The van der Waals surface area contributed by atoms with E-state index in [1.807, 2.05) is 54.6 Å². The molecule has 0 aliphatic rings. The summed E-state index contributed by atoms with van der Waals surface area (Å²) in [7, 11) is 0. The summed E-state index contributed by atoms with van der Waals surface area (Å²) in [6.07, 6.45) is 2.20. The van der Waals surface area contributed by atoms with Gasteiger partial charge in [-0.25, -0.2) is 0 Å². The summed E-state index contributed by atoms with van der Waals surface area (Å²) in [4.78, 5) is 0. The SMILES string of the molecule is CCCCOc1ccc(-c2cc(COc3ccccc3N)[nH]n2)cc1. The van der Waals surface area contributed by atoms with E-state index in [1.54, 1.807) is 0 Å². The van der Waals surface area contributed by atoms with Gasteiger partial charge in [0, 0.05) is 5.56 Å². The zero-order valence-corrected chi connectivity index (χ0v) is 14.4. The first-order chi connectivity index (χ1) is 12.3. The fourth-order valence-corrected chi connectivity index (χ4v) is 2.41. The molecule has 0 saturated carbocycles. The number of ether oxygens (including phenoxy) is 2. The number of aromatic nitrogens is 2. The van der Waals surface area contributed by atoms with E-state index in [4.69, 9.17) is 15.2 Å². The predicted molar refractivity (Wildman–Crippen MR) is 99.6 cm³/mol. The van der Waals surface area contributed by atoms with Crippen LogP contribution in [0.4, 0.5) is 5.69 Å². The van der Waals surface area contributed by atoms with Crippen molar-refractivity contribution in [3.63, 3.8) is 0 Å². The number of benzene rings is 2. The normalized spacial score (nSPS) is 10.6. The molecule has 0 unspecified atom stereocenters. The van der Waals surface area contributed by atoms with Crippen LogP contribution in [0.25, 0.3) is 11.3 Å². The molecule has 130 valence electrons. The van der Waals surface area contributed by atoms with Crippen molar-refractivity contribution >= 4 is 5.69 Å². The summed E-state index contributed by atoms with van der Waals surface area (Å²) in [5.74, 6) is 1.56. The molecule has 0 amide bonds. The number of aromatic amines is 1. The van der Waals surface area contributed by atoms with E-state index in [2.05, 4.69) is 17.1 Å². The molecule has 5 heteroatoms. The Morgan fingerprint density at radius 1 is 1.04 bits per heavy atom. The molecule has 0 aliphatic carbocycles. The van der Waals surface area contributed by atoms with Crippen LogP contribution < -0.4 is 15.2 Å². The number of unbranched alkanes of at least 4 members (excludes halogenated alkanes) is 1. The lowest BCUT2D eigenvalue weighted by Gasteiger charge is -2.06. The van der Waals surface area contributed by atoms with E-state index in [0.717, 1.165) is 42.1 Å². The van der Waals surface area contributed by atoms with E-state index >= 15 is 0 Å². The maximum absolute atomic E-state index is 5.88. The minimum Gasteiger partial charge on any atom is -0.494 e. The number of nitrogens with zero attached hydrogens (tertiary/aromatic N) is 1. The first-order valence-electron chi connectivity index (χ1n) is 8.51. The Bertz CT molecular complexity index is 797. The molecule has 1 aromatic heterocycles. The molecule has 0 spiro atoms. The van der Waals surface area contributed by atoms with Crippen LogP contribution >= 0.6 is 0 Å². The van der Waals surface area contributed by atoms with Gasteiger partial charge in [-0.2, -0.15) is 5.10 Å². The third-order valence-electron chi connectivity index (χ3n) is 3.85. The van der Waals surface area contributed by atoms with E-state index in [0.29, 0.717) is 18.0 Å². The summed E-state index contributed by atoms with van der Waals surface area (Å²) in [6.45, 7) is 3.29. The number of nitrogen functional groups attached to an aromatic ring is 1. The maximum atomic E-state index is 5.88. The average molecular weight is 337 g/mol. The van der Waals surface area contributed by atoms with Crippen LogP contribution in [0, 0.1) is 0 Å². The third-order valence-corrected chi connectivity index (χ3v) is 3.85. The Balaban J connectivity index is 1.60. The lowest BCUT2D eigenvalue weighted by Crippen LogP contribution is -1.98. The predicted octanol–water partition coefficient (Wildman–Crippen LogP) is 4.42. The highest BCUT2D eigenvalue weighted by Gasteiger charge is 2.06. The largest absolute Gasteiger partial charge is 0.494 e. The molecular weight excluding hydrogens is 314 g/mol. The molecule has 0 atom stereocenters. The second-order valence-electron chi connectivity index (χ2n) is 5.83. The van der Waals surface area contributed by atoms with Crippen molar-refractivity contribution in [1.29, 1.82) is 0 Å². The highest BCUT2D eigenvalue weighted by Crippen LogP contribution is 2.23. The molecular formula is C20H23N3O2. The smallest absolute Gasteiger partial charge is 0.142 e. The van der Waals surface area contributed by atoms with Crippen molar-refractivity contribution in [2.45, 2.75) is 26.4 Å². The number of nitrogens with two attached hydrogens (primary N) is 1. The summed E-state index contributed by atoms with van der Waals surface area (Å²) >= 11 is 0. The molecule has 3 aromatic rings. The monoisotopic (exact) mass is 337 g/mol. The standard InChI is InChI=1S/C20H23N3O2/c1-2-3-12-24-17-10-8-15(9-11-17)19-13-16(22-23-19)14-25-20-7-5-4-6-18(20)21/h4-11,13H,2-3,12,14,21H2,1H3,(H,22,23). The van der Waals surface area contributed by atoms with Gasteiger partial charge in [-0.1, -0.05) is 25.5 Å². The molecule has 0 radical (unpaired) electrons. The summed E-state index contributed by atoms with van der Waals surface area (Å²) in [5.41, 5.74) is 9.30. The highest BCUT2D eigenvalue weighted by molar-refractivity contribution is 5.60. The van der Waals surface area contributed by atoms with Crippen molar-refractivity contribution in [2.24, 2.45) is 0 Å². The molecule has 3 N–H and O–H groups in total. The third kappa shape index (κ3) is 4.53. The Morgan fingerprint density at radius 2 is 1.84 bits per heavy atom. The van der Waals surface area contributed by atoms with Crippen LogP contribution in [-0.2, 0) is 6.61 Å². The van der Waals surface area contributed by atoms with Gasteiger partial charge in [-0.3, -0.25) is 5.10 Å². The molecule has 5 nitrogen and oxygen atoms in total. The first kappa shape index (κ1) is 16.9. The maximum Gasteiger partial charge on any atom is 0.142 e. The van der Waals surface area contributed by atoms with Crippen molar-refractivity contribution in [1.82, 2.24) is 10.2 Å². The van der Waals surface area contributed by atoms with Gasteiger partial charge in [-0.15, -0.1) is 0 Å². The van der Waals surface area contributed by atoms with Crippen LogP contribution in [-0.4, -0.2) is 16.8 Å². The fourth-order valence-electron chi connectivity index (χ4n) is 2.41. The quantitative estimate of drug-likeness (QED) is 0.471. The summed E-state index contributed by atoms with van der Waals surface area (Å²) < 4.78 is 11.4. The number of H-pyrrole nitrogens is 1. The van der Waals surface area contributed by atoms with E-state index in [-0.39, 0.29) is 0 Å². The Hall–Kier alpha value is -2.95. The van der Waals surface area contributed by atoms with E-state index in [9.17, 15) is 0 Å². The Kier molecular flexibility index (Phi) is 5.57. The summed E-state index contributed by atoms with van der Waals surface area (Å²) in [5, 5.41) is 7.35. The average Bonchev–Trinajstić information content (AvgIpc) is 3.11.